The molecule has 1 amide bonds. The Labute approximate surface area is 149 Å². The Bertz CT molecular complexity index is 930. The lowest BCUT2D eigenvalue weighted by molar-refractivity contribution is -0.118. The number of nitrogens with one attached hydrogen (secondary N) is 1. The molecule has 120 valence electrons. The number of halogens is 1. The molecule has 1 aliphatic rings. The van der Waals surface area contributed by atoms with E-state index in [-0.39, 0.29) is 5.91 Å². The first kappa shape index (κ1) is 15.3. The van der Waals surface area contributed by atoms with Crippen LogP contribution in [0.2, 0.25) is 0 Å². The number of hydrogen-bond acceptors (Lipinski definition) is 2. The van der Waals surface area contributed by atoms with E-state index < -0.39 is 5.41 Å². The quantitative estimate of drug-likeness (QED) is 0.651. The molecule has 1 aliphatic carbocycles. The molecule has 1 N–H and O–H groups in total. The molecule has 1 saturated carbocycles. The maximum Gasteiger partial charge on any atom is 0.236 e. The Hall–Kier alpha value is -2.20. The fraction of sp³-hybridized carbons (Fsp3) is 0.200. The van der Waals surface area contributed by atoms with E-state index in [0.717, 1.165) is 33.8 Å². The topological polar surface area (TPSA) is 42.0 Å². The maximum atomic E-state index is 12.9. The number of pyridine rings is 1. The van der Waals surface area contributed by atoms with Crippen molar-refractivity contribution in [3.05, 3.63) is 70.3 Å². The number of nitrogens with zero attached hydrogens (tertiary/aromatic N) is 1. The van der Waals surface area contributed by atoms with Crippen LogP contribution in [0.5, 0.6) is 0 Å². The van der Waals surface area contributed by atoms with E-state index in [4.69, 9.17) is 0 Å². The highest BCUT2D eigenvalue weighted by Crippen LogP contribution is 2.49. The number of anilines is 1. The molecule has 3 nitrogen and oxygen atoms in total. The molecule has 1 fully saturated rings. The summed E-state index contributed by atoms with van der Waals surface area (Å²) < 4.78 is 0.746. The van der Waals surface area contributed by atoms with Gasteiger partial charge in [-0.15, -0.1) is 0 Å². The number of hydrogen-bond donors (Lipinski definition) is 1. The Morgan fingerprint density at radius 2 is 1.83 bits per heavy atom. The number of benzene rings is 2. The van der Waals surface area contributed by atoms with Crippen LogP contribution in [-0.2, 0) is 10.2 Å². The van der Waals surface area contributed by atoms with E-state index in [1.54, 1.807) is 0 Å². The van der Waals surface area contributed by atoms with Gasteiger partial charge in [-0.1, -0.05) is 54.1 Å². The third-order valence-corrected chi connectivity index (χ3v) is 5.33. The van der Waals surface area contributed by atoms with Gasteiger partial charge in [0.15, 0.2) is 0 Å². The van der Waals surface area contributed by atoms with Gasteiger partial charge in [0, 0.05) is 5.39 Å². The van der Waals surface area contributed by atoms with Crippen molar-refractivity contribution >= 4 is 38.4 Å². The van der Waals surface area contributed by atoms with Crippen LogP contribution in [0.15, 0.2) is 59.2 Å². The largest absolute Gasteiger partial charge is 0.310 e. The molecule has 4 rings (SSSR count). The normalized spacial score (nSPS) is 15.2. The second kappa shape index (κ2) is 5.71. The van der Waals surface area contributed by atoms with Crippen molar-refractivity contribution in [2.24, 2.45) is 0 Å². The Morgan fingerprint density at radius 3 is 2.54 bits per heavy atom. The molecule has 0 unspecified atom stereocenters. The van der Waals surface area contributed by atoms with E-state index in [1.165, 1.54) is 5.56 Å². The number of carbonyl (C=O) groups is 1. The second-order valence-corrected chi connectivity index (χ2v) is 7.17. The lowest BCUT2D eigenvalue weighted by atomic mass is 9.94. The van der Waals surface area contributed by atoms with E-state index in [0.29, 0.717) is 5.82 Å². The van der Waals surface area contributed by atoms with Crippen molar-refractivity contribution in [3.8, 4) is 0 Å². The number of carbonyl (C=O) groups excluding carboxylic acids is 1. The molecule has 0 spiro atoms. The van der Waals surface area contributed by atoms with Crippen LogP contribution in [0.1, 0.15) is 24.0 Å². The van der Waals surface area contributed by atoms with Crippen LogP contribution < -0.4 is 5.32 Å². The molecule has 2 aromatic carbocycles. The van der Waals surface area contributed by atoms with Gasteiger partial charge in [0.05, 0.1) is 5.41 Å². The molecule has 3 aromatic rings. The monoisotopic (exact) mass is 380 g/mol. The molecule has 0 atom stereocenters. The Balaban J connectivity index is 1.63. The molecular formula is C20H17BrN2O. The summed E-state index contributed by atoms with van der Waals surface area (Å²) in [5.41, 5.74) is 1.90. The maximum absolute atomic E-state index is 12.9. The van der Waals surface area contributed by atoms with Gasteiger partial charge in [-0.05, 0) is 52.7 Å². The van der Waals surface area contributed by atoms with Gasteiger partial charge in [0.2, 0.25) is 5.91 Å². The van der Waals surface area contributed by atoms with Gasteiger partial charge in [-0.2, -0.15) is 0 Å². The van der Waals surface area contributed by atoms with Crippen molar-refractivity contribution in [2.45, 2.75) is 25.2 Å². The van der Waals surface area contributed by atoms with E-state index in [1.807, 2.05) is 30.3 Å². The number of fused-ring (bicyclic) bond motifs is 1. The molecular weight excluding hydrogens is 364 g/mol. The van der Waals surface area contributed by atoms with Gasteiger partial charge < -0.3 is 5.32 Å². The first-order chi connectivity index (χ1) is 11.6. The van der Waals surface area contributed by atoms with E-state index in [2.05, 4.69) is 57.4 Å². The lowest BCUT2D eigenvalue weighted by Gasteiger charge is -2.16. The zero-order valence-corrected chi connectivity index (χ0v) is 14.9. The smallest absolute Gasteiger partial charge is 0.236 e. The zero-order valence-electron chi connectivity index (χ0n) is 13.3. The zero-order chi connectivity index (χ0) is 16.7. The molecule has 0 aliphatic heterocycles. The fourth-order valence-corrected chi connectivity index (χ4v) is 3.65. The van der Waals surface area contributed by atoms with E-state index in [9.17, 15) is 4.79 Å². The third-order valence-electron chi connectivity index (χ3n) is 4.72. The summed E-state index contributed by atoms with van der Waals surface area (Å²) in [7, 11) is 0. The summed E-state index contributed by atoms with van der Waals surface area (Å²) in [5.74, 6) is 0.616. The second-order valence-electron chi connectivity index (χ2n) is 6.42. The summed E-state index contributed by atoms with van der Waals surface area (Å²) >= 11 is 3.49. The summed E-state index contributed by atoms with van der Waals surface area (Å²) in [6.07, 6.45) is 1.77. The van der Waals surface area contributed by atoms with Crippen LogP contribution in [0.25, 0.3) is 10.8 Å². The highest BCUT2D eigenvalue weighted by molar-refractivity contribution is 9.10. The number of amides is 1. The Morgan fingerprint density at radius 1 is 1.12 bits per heavy atom. The summed E-state index contributed by atoms with van der Waals surface area (Å²) in [6.45, 7) is 2.06. The van der Waals surface area contributed by atoms with Crippen LogP contribution in [0.4, 0.5) is 5.82 Å². The van der Waals surface area contributed by atoms with Gasteiger partial charge in [0.1, 0.15) is 10.4 Å². The van der Waals surface area contributed by atoms with Gasteiger partial charge >= 0.3 is 0 Å². The minimum atomic E-state index is -0.395. The highest BCUT2D eigenvalue weighted by Gasteiger charge is 2.51. The molecule has 4 heteroatoms. The average molecular weight is 381 g/mol. The Kier molecular flexibility index (Phi) is 3.65. The SMILES string of the molecule is Cc1ccc(C2(C(=O)Nc3cc4ccccc4c(Br)n3)CC2)cc1. The predicted octanol–water partition coefficient (Wildman–Crippen LogP) is 4.98. The highest BCUT2D eigenvalue weighted by atomic mass is 79.9. The van der Waals surface area contributed by atoms with Crippen molar-refractivity contribution in [1.29, 1.82) is 0 Å². The standard InChI is InChI=1S/C20H17BrN2O/c1-13-6-8-15(9-7-13)20(10-11-20)19(24)23-17-12-14-4-2-3-5-16(14)18(21)22-17/h2-9,12H,10-11H2,1H3,(H,22,23,24). The minimum Gasteiger partial charge on any atom is -0.310 e. The fourth-order valence-electron chi connectivity index (χ4n) is 3.10. The minimum absolute atomic E-state index is 0.0287. The van der Waals surface area contributed by atoms with Crippen molar-refractivity contribution in [1.82, 2.24) is 4.98 Å². The molecule has 0 radical (unpaired) electrons. The molecule has 1 heterocycles. The van der Waals surface area contributed by atoms with Gasteiger partial charge in [0.25, 0.3) is 0 Å². The van der Waals surface area contributed by atoms with Crippen LogP contribution >= 0.6 is 15.9 Å². The lowest BCUT2D eigenvalue weighted by Crippen LogP contribution is -2.28. The average Bonchev–Trinajstić information content (AvgIpc) is 3.37. The summed E-state index contributed by atoms with van der Waals surface area (Å²) in [4.78, 5) is 17.3. The molecule has 0 bridgehead atoms. The number of rotatable bonds is 3. The van der Waals surface area contributed by atoms with E-state index >= 15 is 0 Å². The first-order valence-electron chi connectivity index (χ1n) is 8.02. The van der Waals surface area contributed by atoms with Crippen LogP contribution in [-0.4, -0.2) is 10.9 Å². The molecule has 1 aromatic heterocycles. The molecule has 0 saturated heterocycles. The van der Waals surface area contributed by atoms with Crippen molar-refractivity contribution in [2.75, 3.05) is 5.32 Å². The van der Waals surface area contributed by atoms with Gasteiger partial charge in [-0.3, -0.25) is 4.79 Å². The van der Waals surface area contributed by atoms with Crippen molar-refractivity contribution < 1.29 is 4.79 Å². The summed E-state index contributed by atoms with van der Waals surface area (Å²) in [6, 6.07) is 18.2. The third kappa shape index (κ3) is 2.61. The predicted molar refractivity (Wildman–Crippen MR) is 100 cm³/mol. The first-order valence-corrected chi connectivity index (χ1v) is 8.82. The van der Waals surface area contributed by atoms with Crippen molar-refractivity contribution in [3.63, 3.8) is 0 Å². The number of aryl methyl sites for hydroxylation is 1. The number of aromatic nitrogens is 1. The van der Waals surface area contributed by atoms with Crippen LogP contribution in [0, 0.1) is 6.92 Å². The summed E-state index contributed by atoms with van der Waals surface area (Å²) in [5, 5.41) is 5.10. The van der Waals surface area contributed by atoms with Gasteiger partial charge in [-0.25, -0.2) is 4.98 Å². The van der Waals surface area contributed by atoms with Crippen LogP contribution in [0.3, 0.4) is 0 Å². The molecule has 24 heavy (non-hydrogen) atoms.